The number of amides is 1. The van der Waals surface area contributed by atoms with E-state index in [1.165, 1.54) is 24.3 Å². The summed E-state index contributed by atoms with van der Waals surface area (Å²) in [6.45, 7) is 0. The number of ether oxygens (including phenoxy) is 1. The summed E-state index contributed by atoms with van der Waals surface area (Å²) in [6.07, 6.45) is 0. The van der Waals surface area contributed by atoms with Gasteiger partial charge in [0.25, 0.3) is 15.9 Å². The van der Waals surface area contributed by atoms with E-state index in [0.29, 0.717) is 22.7 Å². The van der Waals surface area contributed by atoms with Crippen LogP contribution in [0.3, 0.4) is 0 Å². The second-order valence-electron chi connectivity index (χ2n) is 5.68. The van der Waals surface area contributed by atoms with Crippen LogP contribution in [-0.2, 0) is 10.0 Å². The topological polar surface area (TPSA) is 84.5 Å². The number of benzene rings is 3. The van der Waals surface area contributed by atoms with Crippen LogP contribution in [0.15, 0.2) is 83.8 Å². The van der Waals surface area contributed by atoms with Gasteiger partial charge in [-0.3, -0.25) is 9.52 Å². The van der Waals surface area contributed by atoms with E-state index in [9.17, 15) is 13.2 Å². The molecule has 0 aromatic heterocycles. The number of carbonyl (C=O) groups is 1. The standard InChI is InChI=1S/C20H18N2O4S/c1-26-18-11-9-16(10-12-18)21-20(23)15-7-13-19(14-8-15)27(24,25)22-17-5-3-2-4-6-17/h2-14,22H,1H3,(H,21,23). The van der Waals surface area contributed by atoms with Gasteiger partial charge in [-0.15, -0.1) is 0 Å². The Labute approximate surface area is 157 Å². The zero-order chi connectivity index (χ0) is 19.3. The Morgan fingerprint density at radius 1 is 0.815 bits per heavy atom. The van der Waals surface area contributed by atoms with Gasteiger partial charge in [-0.05, 0) is 60.7 Å². The van der Waals surface area contributed by atoms with Crippen LogP contribution in [0.2, 0.25) is 0 Å². The van der Waals surface area contributed by atoms with E-state index in [1.54, 1.807) is 61.7 Å². The van der Waals surface area contributed by atoms with Crippen molar-refractivity contribution < 1.29 is 17.9 Å². The summed E-state index contributed by atoms with van der Waals surface area (Å²) >= 11 is 0. The number of rotatable bonds is 6. The lowest BCUT2D eigenvalue weighted by Crippen LogP contribution is -2.14. The maximum absolute atomic E-state index is 12.4. The zero-order valence-corrected chi connectivity index (χ0v) is 15.4. The summed E-state index contributed by atoms with van der Waals surface area (Å²) in [6, 6.07) is 21.3. The number of para-hydroxylation sites is 1. The van der Waals surface area contributed by atoms with Gasteiger partial charge in [-0.2, -0.15) is 0 Å². The molecule has 3 rings (SSSR count). The van der Waals surface area contributed by atoms with Crippen molar-refractivity contribution in [2.45, 2.75) is 4.90 Å². The van der Waals surface area contributed by atoms with Gasteiger partial charge in [-0.25, -0.2) is 8.42 Å². The van der Waals surface area contributed by atoms with Crippen LogP contribution in [0.4, 0.5) is 11.4 Å². The zero-order valence-electron chi connectivity index (χ0n) is 14.5. The summed E-state index contributed by atoms with van der Waals surface area (Å²) in [4.78, 5) is 12.4. The third-order valence-electron chi connectivity index (χ3n) is 3.80. The average Bonchev–Trinajstić information content (AvgIpc) is 2.69. The van der Waals surface area contributed by atoms with Crippen LogP contribution in [0, 0.1) is 0 Å². The molecule has 138 valence electrons. The van der Waals surface area contributed by atoms with Crippen molar-refractivity contribution in [2.24, 2.45) is 0 Å². The predicted octanol–water partition coefficient (Wildman–Crippen LogP) is 3.75. The summed E-state index contributed by atoms with van der Waals surface area (Å²) in [5.41, 5.74) is 1.44. The molecule has 0 fully saturated rings. The SMILES string of the molecule is COc1ccc(NC(=O)c2ccc(S(=O)(=O)Nc3ccccc3)cc2)cc1. The molecule has 0 radical (unpaired) electrons. The third-order valence-corrected chi connectivity index (χ3v) is 5.20. The molecule has 0 aliphatic heterocycles. The highest BCUT2D eigenvalue weighted by atomic mass is 32.2. The first-order valence-electron chi connectivity index (χ1n) is 8.11. The van der Waals surface area contributed by atoms with Gasteiger partial charge in [0.1, 0.15) is 5.75 Å². The number of hydrogen-bond acceptors (Lipinski definition) is 4. The summed E-state index contributed by atoms with van der Waals surface area (Å²) < 4.78 is 32.4. The Hall–Kier alpha value is -3.32. The molecule has 0 saturated heterocycles. The molecule has 0 bridgehead atoms. The lowest BCUT2D eigenvalue weighted by atomic mass is 10.2. The van der Waals surface area contributed by atoms with Crippen molar-refractivity contribution in [3.8, 4) is 5.75 Å². The van der Waals surface area contributed by atoms with E-state index in [-0.39, 0.29) is 10.8 Å². The molecule has 27 heavy (non-hydrogen) atoms. The highest BCUT2D eigenvalue weighted by molar-refractivity contribution is 7.92. The number of nitrogens with one attached hydrogen (secondary N) is 2. The lowest BCUT2D eigenvalue weighted by molar-refractivity contribution is 0.102. The van der Waals surface area contributed by atoms with Crippen molar-refractivity contribution in [3.05, 3.63) is 84.4 Å². The minimum Gasteiger partial charge on any atom is -0.497 e. The van der Waals surface area contributed by atoms with E-state index in [0.717, 1.165) is 0 Å². The molecular formula is C20H18N2O4S. The molecule has 3 aromatic rings. The highest BCUT2D eigenvalue weighted by Gasteiger charge is 2.15. The van der Waals surface area contributed by atoms with Gasteiger partial charge in [0.05, 0.1) is 12.0 Å². The molecule has 6 nitrogen and oxygen atoms in total. The Kier molecular flexibility index (Phi) is 5.42. The smallest absolute Gasteiger partial charge is 0.261 e. The highest BCUT2D eigenvalue weighted by Crippen LogP contribution is 2.18. The van der Waals surface area contributed by atoms with Crippen molar-refractivity contribution >= 4 is 27.3 Å². The maximum atomic E-state index is 12.4. The molecule has 0 aliphatic carbocycles. The molecule has 2 N–H and O–H groups in total. The summed E-state index contributed by atoms with van der Waals surface area (Å²) in [5.74, 6) is 0.355. The van der Waals surface area contributed by atoms with E-state index < -0.39 is 10.0 Å². The number of hydrogen-bond donors (Lipinski definition) is 2. The fourth-order valence-corrected chi connectivity index (χ4v) is 3.44. The minimum atomic E-state index is -3.72. The van der Waals surface area contributed by atoms with Crippen molar-refractivity contribution in [2.75, 3.05) is 17.1 Å². The molecule has 7 heteroatoms. The first-order valence-corrected chi connectivity index (χ1v) is 9.59. The first-order chi connectivity index (χ1) is 13.0. The Morgan fingerprint density at radius 2 is 1.44 bits per heavy atom. The van der Waals surface area contributed by atoms with E-state index >= 15 is 0 Å². The van der Waals surface area contributed by atoms with Crippen LogP contribution in [-0.4, -0.2) is 21.4 Å². The molecule has 0 unspecified atom stereocenters. The van der Waals surface area contributed by atoms with Gasteiger partial charge in [-0.1, -0.05) is 18.2 Å². The van der Waals surface area contributed by atoms with Gasteiger partial charge in [0.15, 0.2) is 0 Å². The third kappa shape index (κ3) is 4.65. The van der Waals surface area contributed by atoms with Crippen LogP contribution in [0.25, 0.3) is 0 Å². The Balaban J connectivity index is 1.71. The van der Waals surface area contributed by atoms with Crippen LogP contribution in [0.5, 0.6) is 5.75 Å². The summed E-state index contributed by atoms with van der Waals surface area (Å²) in [7, 11) is -2.15. The fourth-order valence-electron chi connectivity index (χ4n) is 2.38. The number of anilines is 2. The Bertz CT molecular complexity index is 1020. The predicted molar refractivity (Wildman–Crippen MR) is 105 cm³/mol. The van der Waals surface area contributed by atoms with Crippen molar-refractivity contribution in [1.82, 2.24) is 0 Å². The average molecular weight is 382 g/mol. The second-order valence-corrected chi connectivity index (χ2v) is 7.36. The van der Waals surface area contributed by atoms with Gasteiger partial charge in [0, 0.05) is 16.9 Å². The molecule has 0 aliphatic rings. The monoisotopic (exact) mass is 382 g/mol. The Morgan fingerprint density at radius 3 is 2.04 bits per heavy atom. The lowest BCUT2D eigenvalue weighted by Gasteiger charge is -2.09. The van der Waals surface area contributed by atoms with Crippen LogP contribution < -0.4 is 14.8 Å². The largest absolute Gasteiger partial charge is 0.497 e. The molecule has 1 amide bonds. The van der Waals surface area contributed by atoms with E-state index in [4.69, 9.17) is 4.74 Å². The van der Waals surface area contributed by atoms with Gasteiger partial charge >= 0.3 is 0 Å². The first kappa shape index (κ1) is 18.5. The molecular weight excluding hydrogens is 364 g/mol. The molecule has 3 aromatic carbocycles. The van der Waals surface area contributed by atoms with Gasteiger partial charge in [0.2, 0.25) is 0 Å². The van der Waals surface area contributed by atoms with E-state index in [2.05, 4.69) is 10.0 Å². The molecule has 0 heterocycles. The maximum Gasteiger partial charge on any atom is 0.261 e. The second kappa shape index (κ2) is 7.92. The van der Waals surface area contributed by atoms with Crippen LogP contribution in [0.1, 0.15) is 10.4 Å². The molecule has 0 spiro atoms. The van der Waals surface area contributed by atoms with Gasteiger partial charge < -0.3 is 10.1 Å². The quantitative estimate of drug-likeness (QED) is 0.680. The minimum absolute atomic E-state index is 0.0763. The number of methoxy groups -OCH3 is 1. The summed E-state index contributed by atoms with van der Waals surface area (Å²) in [5, 5.41) is 2.75. The molecule has 0 saturated carbocycles. The fraction of sp³-hybridized carbons (Fsp3) is 0.0500. The van der Waals surface area contributed by atoms with Crippen molar-refractivity contribution in [3.63, 3.8) is 0 Å². The van der Waals surface area contributed by atoms with Crippen LogP contribution >= 0.6 is 0 Å². The molecule has 0 atom stereocenters. The number of carbonyl (C=O) groups excluding carboxylic acids is 1. The van der Waals surface area contributed by atoms with Crippen molar-refractivity contribution in [1.29, 1.82) is 0 Å². The normalized spacial score (nSPS) is 10.9. The van der Waals surface area contributed by atoms with E-state index in [1.807, 2.05) is 0 Å². The number of sulfonamides is 1.